The zero-order chi connectivity index (χ0) is 9.84. The lowest BCUT2D eigenvalue weighted by Gasteiger charge is -2.01. The molecule has 4 heteroatoms. The van der Waals surface area contributed by atoms with Crippen molar-refractivity contribution in [3.63, 3.8) is 0 Å². The minimum Gasteiger partial charge on any atom is -0.423 e. The molecule has 0 bridgehead atoms. The van der Waals surface area contributed by atoms with E-state index in [0.717, 1.165) is 6.08 Å². The van der Waals surface area contributed by atoms with E-state index < -0.39 is 5.97 Å². The van der Waals surface area contributed by atoms with E-state index in [4.69, 9.17) is 27.9 Å². The second kappa shape index (κ2) is 4.30. The Kier molecular flexibility index (Phi) is 3.34. The number of ether oxygens (including phenoxy) is 1. The van der Waals surface area contributed by atoms with E-state index in [0.29, 0.717) is 15.8 Å². The largest absolute Gasteiger partial charge is 0.423 e. The molecule has 68 valence electrons. The van der Waals surface area contributed by atoms with E-state index in [1.54, 1.807) is 12.1 Å². The third kappa shape index (κ3) is 2.76. The summed E-state index contributed by atoms with van der Waals surface area (Å²) in [7, 11) is 0. The van der Waals surface area contributed by atoms with E-state index >= 15 is 0 Å². The molecule has 1 aromatic rings. The fourth-order valence-corrected chi connectivity index (χ4v) is 0.986. The predicted molar refractivity (Wildman–Crippen MR) is 52.3 cm³/mol. The molecular weight excluding hydrogens is 211 g/mol. The van der Waals surface area contributed by atoms with E-state index in [9.17, 15) is 4.79 Å². The molecule has 0 aromatic heterocycles. The molecule has 0 aliphatic heterocycles. The van der Waals surface area contributed by atoms with Gasteiger partial charge >= 0.3 is 5.97 Å². The van der Waals surface area contributed by atoms with Gasteiger partial charge in [0.25, 0.3) is 0 Å². The molecule has 0 aliphatic carbocycles. The zero-order valence-corrected chi connectivity index (χ0v) is 8.10. The lowest BCUT2D eigenvalue weighted by Crippen LogP contribution is -2.02. The van der Waals surface area contributed by atoms with Gasteiger partial charge in [0.2, 0.25) is 0 Å². The summed E-state index contributed by atoms with van der Waals surface area (Å²) in [6, 6.07) is 4.57. The molecule has 0 spiro atoms. The molecule has 1 rings (SSSR count). The van der Waals surface area contributed by atoms with Crippen molar-refractivity contribution < 1.29 is 9.53 Å². The molecule has 13 heavy (non-hydrogen) atoms. The van der Waals surface area contributed by atoms with Crippen LogP contribution in [0.2, 0.25) is 10.0 Å². The molecule has 0 amide bonds. The maximum Gasteiger partial charge on any atom is 0.335 e. The molecule has 0 saturated carbocycles. The maximum absolute atomic E-state index is 10.8. The molecular formula is C9H6Cl2O2. The number of rotatable bonds is 2. The lowest BCUT2D eigenvalue weighted by molar-refractivity contribution is -0.128. The fraction of sp³-hybridized carbons (Fsp3) is 0. The Labute approximate surface area is 85.7 Å². The topological polar surface area (TPSA) is 26.3 Å². The third-order valence-electron chi connectivity index (χ3n) is 1.28. The van der Waals surface area contributed by atoms with Gasteiger partial charge in [-0.25, -0.2) is 4.79 Å². The van der Waals surface area contributed by atoms with Gasteiger partial charge in [-0.3, -0.25) is 0 Å². The van der Waals surface area contributed by atoms with Gasteiger partial charge in [0, 0.05) is 12.1 Å². The number of halogens is 2. The first-order chi connectivity index (χ1) is 6.13. The van der Waals surface area contributed by atoms with Crippen LogP contribution < -0.4 is 4.74 Å². The number of benzene rings is 1. The average molecular weight is 217 g/mol. The standard InChI is InChI=1S/C9H6Cl2O2/c1-2-9(12)13-6-3-4-7(10)8(11)5-6/h2-5H,1H2. The van der Waals surface area contributed by atoms with Crippen molar-refractivity contribution in [1.29, 1.82) is 0 Å². The van der Waals surface area contributed by atoms with Crippen molar-refractivity contribution in [2.75, 3.05) is 0 Å². The Morgan fingerprint density at radius 2 is 2.08 bits per heavy atom. The van der Waals surface area contributed by atoms with Crippen molar-refractivity contribution in [2.24, 2.45) is 0 Å². The van der Waals surface area contributed by atoms with E-state index in [-0.39, 0.29) is 0 Å². The summed E-state index contributed by atoms with van der Waals surface area (Å²) in [5.41, 5.74) is 0. The molecule has 1 aromatic carbocycles. The minimum absolute atomic E-state index is 0.344. The number of carbonyl (C=O) groups excluding carboxylic acids is 1. The molecule has 0 heterocycles. The normalized spacial score (nSPS) is 9.38. The van der Waals surface area contributed by atoms with Gasteiger partial charge in [-0.2, -0.15) is 0 Å². The maximum atomic E-state index is 10.8. The van der Waals surface area contributed by atoms with Crippen LogP contribution in [-0.4, -0.2) is 5.97 Å². The summed E-state index contributed by atoms with van der Waals surface area (Å²) < 4.78 is 4.80. The van der Waals surface area contributed by atoms with Crippen LogP contribution in [0, 0.1) is 0 Å². The summed E-state index contributed by atoms with van der Waals surface area (Å²) >= 11 is 11.3. The summed E-state index contributed by atoms with van der Waals surface area (Å²) in [4.78, 5) is 10.8. The smallest absolute Gasteiger partial charge is 0.335 e. The number of hydrogen-bond acceptors (Lipinski definition) is 2. The summed E-state index contributed by atoms with van der Waals surface area (Å²) in [6.07, 6.45) is 1.07. The molecule has 0 unspecified atom stereocenters. The van der Waals surface area contributed by atoms with Crippen molar-refractivity contribution in [2.45, 2.75) is 0 Å². The van der Waals surface area contributed by atoms with Crippen LogP contribution in [0.3, 0.4) is 0 Å². The van der Waals surface area contributed by atoms with Crippen LogP contribution in [0.1, 0.15) is 0 Å². The van der Waals surface area contributed by atoms with Crippen LogP contribution in [0.5, 0.6) is 5.75 Å². The van der Waals surface area contributed by atoms with Crippen LogP contribution in [-0.2, 0) is 4.79 Å². The van der Waals surface area contributed by atoms with Gasteiger partial charge in [-0.15, -0.1) is 0 Å². The molecule has 0 saturated heterocycles. The first-order valence-electron chi connectivity index (χ1n) is 3.43. The second-order valence-corrected chi connectivity index (χ2v) is 3.02. The first kappa shape index (κ1) is 10.1. The third-order valence-corrected chi connectivity index (χ3v) is 2.02. The van der Waals surface area contributed by atoms with E-state index in [1.807, 2.05) is 0 Å². The number of carbonyl (C=O) groups is 1. The lowest BCUT2D eigenvalue weighted by atomic mass is 10.3. The SMILES string of the molecule is C=CC(=O)Oc1ccc(Cl)c(Cl)c1. The van der Waals surface area contributed by atoms with Crippen LogP contribution in [0.15, 0.2) is 30.9 Å². The molecule has 0 N–H and O–H groups in total. The highest BCUT2D eigenvalue weighted by Crippen LogP contribution is 2.26. The zero-order valence-electron chi connectivity index (χ0n) is 6.59. The van der Waals surface area contributed by atoms with Gasteiger partial charge in [0.15, 0.2) is 0 Å². The summed E-state index contributed by atoms with van der Waals surface area (Å²) in [5, 5.41) is 0.760. The molecule has 2 nitrogen and oxygen atoms in total. The molecule has 0 fully saturated rings. The Morgan fingerprint density at radius 3 is 2.62 bits per heavy atom. The Balaban J connectivity index is 2.85. The van der Waals surface area contributed by atoms with Crippen molar-refractivity contribution >= 4 is 29.2 Å². The average Bonchev–Trinajstić information content (AvgIpc) is 2.11. The number of esters is 1. The second-order valence-electron chi connectivity index (χ2n) is 2.20. The van der Waals surface area contributed by atoms with Crippen LogP contribution in [0.4, 0.5) is 0 Å². The minimum atomic E-state index is -0.529. The molecule has 0 aliphatic rings. The monoisotopic (exact) mass is 216 g/mol. The fourth-order valence-electron chi connectivity index (χ4n) is 0.698. The predicted octanol–water partition coefficient (Wildman–Crippen LogP) is 3.08. The number of hydrogen-bond donors (Lipinski definition) is 0. The van der Waals surface area contributed by atoms with Gasteiger partial charge < -0.3 is 4.74 Å². The van der Waals surface area contributed by atoms with Gasteiger partial charge in [0.1, 0.15) is 5.75 Å². The van der Waals surface area contributed by atoms with Gasteiger partial charge in [-0.05, 0) is 12.1 Å². The highest BCUT2D eigenvalue weighted by Gasteiger charge is 2.02. The summed E-state index contributed by atoms with van der Waals surface area (Å²) in [5.74, 6) is -0.183. The van der Waals surface area contributed by atoms with Crippen molar-refractivity contribution in [3.8, 4) is 5.75 Å². The quantitative estimate of drug-likeness (QED) is 0.432. The van der Waals surface area contributed by atoms with Crippen LogP contribution in [0.25, 0.3) is 0 Å². The van der Waals surface area contributed by atoms with E-state index in [2.05, 4.69) is 6.58 Å². The Morgan fingerprint density at radius 1 is 1.38 bits per heavy atom. The molecule has 0 atom stereocenters. The van der Waals surface area contributed by atoms with Crippen LogP contribution >= 0.6 is 23.2 Å². The Bertz CT molecular complexity index is 347. The van der Waals surface area contributed by atoms with Gasteiger partial charge in [0.05, 0.1) is 10.0 Å². The summed E-state index contributed by atoms with van der Waals surface area (Å²) in [6.45, 7) is 3.26. The first-order valence-corrected chi connectivity index (χ1v) is 4.18. The Hall–Kier alpha value is -0.990. The van der Waals surface area contributed by atoms with Gasteiger partial charge in [-0.1, -0.05) is 29.8 Å². The highest BCUT2D eigenvalue weighted by atomic mass is 35.5. The van der Waals surface area contributed by atoms with Crippen molar-refractivity contribution in [3.05, 3.63) is 40.9 Å². The highest BCUT2D eigenvalue weighted by molar-refractivity contribution is 6.42. The van der Waals surface area contributed by atoms with E-state index in [1.165, 1.54) is 6.07 Å². The van der Waals surface area contributed by atoms with Crippen molar-refractivity contribution in [1.82, 2.24) is 0 Å². The molecule has 0 radical (unpaired) electrons.